The van der Waals surface area contributed by atoms with Crippen molar-refractivity contribution in [2.24, 2.45) is 0 Å². The number of hydrogen-bond donors (Lipinski definition) is 1. The molecule has 72 valence electrons. The van der Waals surface area contributed by atoms with Crippen molar-refractivity contribution in [3.63, 3.8) is 0 Å². The SMILES string of the molecule is CCOC1CCC(O)(OCC)O1. The molecule has 0 radical (unpaired) electrons. The molecule has 2 unspecified atom stereocenters. The normalized spacial score (nSPS) is 35.8. The van der Waals surface area contributed by atoms with Gasteiger partial charge in [0.25, 0.3) is 5.97 Å². The van der Waals surface area contributed by atoms with Crippen LogP contribution in [-0.4, -0.2) is 30.6 Å². The molecule has 1 aliphatic rings. The summed E-state index contributed by atoms with van der Waals surface area (Å²) in [5.41, 5.74) is 0. The molecule has 0 aliphatic carbocycles. The number of aliphatic hydroxyl groups is 1. The van der Waals surface area contributed by atoms with Crippen LogP contribution in [0.15, 0.2) is 0 Å². The highest BCUT2D eigenvalue weighted by Gasteiger charge is 2.39. The van der Waals surface area contributed by atoms with Crippen LogP contribution in [0.25, 0.3) is 0 Å². The Morgan fingerprint density at radius 2 is 2.25 bits per heavy atom. The van der Waals surface area contributed by atoms with Crippen LogP contribution in [0.1, 0.15) is 26.7 Å². The monoisotopic (exact) mass is 176 g/mol. The van der Waals surface area contributed by atoms with Crippen LogP contribution in [0.4, 0.5) is 0 Å². The summed E-state index contributed by atoms with van der Waals surface area (Å²) < 4.78 is 15.3. The third-order valence-electron chi connectivity index (χ3n) is 1.73. The fourth-order valence-corrected chi connectivity index (χ4v) is 1.26. The average Bonchev–Trinajstić information content (AvgIpc) is 2.34. The van der Waals surface area contributed by atoms with Gasteiger partial charge in [0.2, 0.25) is 0 Å². The van der Waals surface area contributed by atoms with Crippen LogP contribution < -0.4 is 0 Å². The maximum Gasteiger partial charge on any atom is 0.282 e. The summed E-state index contributed by atoms with van der Waals surface area (Å²) in [6.07, 6.45) is 0.849. The molecule has 0 aromatic rings. The molecule has 1 fully saturated rings. The molecule has 0 saturated carbocycles. The molecule has 1 heterocycles. The van der Waals surface area contributed by atoms with Crippen LogP contribution in [0.2, 0.25) is 0 Å². The zero-order valence-corrected chi connectivity index (χ0v) is 7.58. The van der Waals surface area contributed by atoms with E-state index >= 15 is 0 Å². The minimum atomic E-state index is -1.41. The molecule has 0 bridgehead atoms. The van der Waals surface area contributed by atoms with Crippen molar-refractivity contribution in [1.82, 2.24) is 0 Å². The molecule has 0 aromatic heterocycles. The first kappa shape index (κ1) is 9.92. The van der Waals surface area contributed by atoms with E-state index in [-0.39, 0.29) is 6.29 Å². The molecule has 12 heavy (non-hydrogen) atoms. The largest absolute Gasteiger partial charge is 0.353 e. The lowest BCUT2D eigenvalue weighted by Crippen LogP contribution is -2.32. The zero-order chi connectivity index (χ0) is 9.03. The standard InChI is InChI=1S/C8H16O4/c1-3-10-7-5-6-8(9,12-7)11-4-2/h7,9H,3-6H2,1-2H3. The van der Waals surface area contributed by atoms with Gasteiger partial charge in [0.05, 0.1) is 0 Å². The summed E-state index contributed by atoms with van der Waals surface area (Å²) >= 11 is 0. The van der Waals surface area contributed by atoms with Gasteiger partial charge in [-0.15, -0.1) is 0 Å². The smallest absolute Gasteiger partial charge is 0.282 e. The zero-order valence-electron chi connectivity index (χ0n) is 7.58. The average molecular weight is 176 g/mol. The summed E-state index contributed by atoms with van der Waals surface area (Å²) in [5.74, 6) is -1.41. The van der Waals surface area contributed by atoms with Gasteiger partial charge in [-0.05, 0) is 13.8 Å². The molecule has 4 nitrogen and oxygen atoms in total. The van der Waals surface area contributed by atoms with Gasteiger partial charge in [-0.25, -0.2) is 0 Å². The van der Waals surface area contributed by atoms with Crippen molar-refractivity contribution in [2.45, 2.75) is 39.0 Å². The molecule has 1 rings (SSSR count). The van der Waals surface area contributed by atoms with Gasteiger partial charge >= 0.3 is 0 Å². The summed E-state index contributed by atoms with van der Waals surface area (Å²) in [6, 6.07) is 0. The molecule has 2 atom stereocenters. The van der Waals surface area contributed by atoms with Crippen LogP contribution >= 0.6 is 0 Å². The lowest BCUT2D eigenvalue weighted by molar-refractivity contribution is -0.370. The molecule has 1 aliphatic heterocycles. The van der Waals surface area contributed by atoms with E-state index in [1.807, 2.05) is 13.8 Å². The Bertz CT molecular complexity index is 139. The highest BCUT2D eigenvalue weighted by Crippen LogP contribution is 2.29. The fourth-order valence-electron chi connectivity index (χ4n) is 1.26. The molecular formula is C8H16O4. The van der Waals surface area contributed by atoms with E-state index < -0.39 is 5.97 Å². The second kappa shape index (κ2) is 4.18. The minimum Gasteiger partial charge on any atom is -0.353 e. The molecule has 0 amide bonds. The number of hydrogen-bond acceptors (Lipinski definition) is 4. The van der Waals surface area contributed by atoms with Gasteiger partial charge in [0.15, 0.2) is 6.29 Å². The van der Waals surface area contributed by atoms with E-state index in [4.69, 9.17) is 14.2 Å². The Kier molecular flexibility index (Phi) is 3.46. The maximum atomic E-state index is 9.56. The highest BCUT2D eigenvalue weighted by atomic mass is 16.9. The van der Waals surface area contributed by atoms with Crippen molar-refractivity contribution < 1.29 is 19.3 Å². The van der Waals surface area contributed by atoms with Crippen LogP contribution in [0, 0.1) is 0 Å². The van der Waals surface area contributed by atoms with Crippen LogP contribution in [-0.2, 0) is 14.2 Å². The third kappa shape index (κ3) is 2.42. The molecule has 0 aromatic carbocycles. The lowest BCUT2D eigenvalue weighted by atomic mass is 10.3. The predicted molar refractivity (Wildman–Crippen MR) is 42.3 cm³/mol. The first-order chi connectivity index (χ1) is 5.70. The number of rotatable bonds is 4. The highest BCUT2D eigenvalue weighted by molar-refractivity contribution is 4.66. The van der Waals surface area contributed by atoms with Crippen LogP contribution in [0.5, 0.6) is 0 Å². The Morgan fingerprint density at radius 1 is 1.50 bits per heavy atom. The second-order valence-corrected chi connectivity index (χ2v) is 2.69. The summed E-state index contributed by atoms with van der Waals surface area (Å²) in [4.78, 5) is 0. The predicted octanol–water partition coefficient (Wildman–Crippen LogP) is 0.842. The minimum absolute atomic E-state index is 0.313. The van der Waals surface area contributed by atoms with Crippen molar-refractivity contribution in [1.29, 1.82) is 0 Å². The quantitative estimate of drug-likeness (QED) is 0.645. The van der Waals surface area contributed by atoms with E-state index in [9.17, 15) is 5.11 Å². The molecule has 4 heteroatoms. The summed E-state index contributed by atoms with van der Waals surface area (Å²) in [7, 11) is 0. The second-order valence-electron chi connectivity index (χ2n) is 2.69. The Hall–Kier alpha value is -0.160. The van der Waals surface area contributed by atoms with E-state index in [0.717, 1.165) is 0 Å². The van der Waals surface area contributed by atoms with Gasteiger partial charge in [0, 0.05) is 26.1 Å². The maximum absolute atomic E-state index is 9.56. The van der Waals surface area contributed by atoms with E-state index in [2.05, 4.69) is 0 Å². The van der Waals surface area contributed by atoms with E-state index in [1.165, 1.54) is 0 Å². The molecule has 1 N–H and O–H groups in total. The van der Waals surface area contributed by atoms with Gasteiger partial charge in [-0.3, -0.25) is 4.74 Å². The summed E-state index contributed by atoms with van der Waals surface area (Å²) in [5, 5.41) is 9.56. The lowest BCUT2D eigenvalue weighted by Gasteiger charge is -2.21. The Balaban J connectivity index is 2.32. The first-order valence-corrected chi connectivity index (χ1v) is 4.36. The van der Waals surface area contributed by atoms with Gasteiger partial charge < -0.3 is 14.6 Å². The molecular weight excluding hydrogens is 160 g/mol. The van der Waals surface area contributed by atoms with E-state index in [1.54, 1.807) is 0 Å². The Labute approximate surface area is 72.4 Å². The van der Waals surface area contributed by atoms with Crippen molar-refractivity contribution in [3.8, 4) is 0 Å². The first-order valence-electron chi connectivity index (χ1n) is 4.36. The molecule has 1 saturated heterocycles. The topological polar surface area (TPSA) is 47.9 Å². The Morgan fingerprint density at radius 3 is 2.83 bits per heavy atom. The fraction of sp³-hybridized carbons (Fsp3) is 1.00. The van der Waals surface area contributed by atoms with E-state index in [0.29, 0.717) is 26.1 Å². The van der Waals surface area contributed by atoms with Gasteiger partial charge in [-0.2, -0.15) is 0 Å². The van der Waals surface area contributed by atoms with Gasteiger partial charge in [0.1, 0.15) is 0 Å². The van der Waals surface area contributed by atoms with Crippen LogP contribution in [0.3, 0.4) is 0 Å². The van der Waals surface area contributed by atoms with Crippen molar-refractivity contribution >= 4 is 0 Å². The molecule has 0 spiro atoms. The third-order valence-corrected chi connectivity index (χ3v) is 1.73. The summed E-state index contributed by atoms with van der Waals surface area (Å²) in [6.45, 7) is 4.74. The van der Waals surface area contributed by atoms with Gasteiger partial charge in [-0.1, -0.05) is 0 Å². The van der Waals surface area contributed by atoms with Crippen molar-refractivity contribution in [3.05, 3.63) is 0 Å². The number of ether oxygens (including phenoxy) is 3. The van der Waals surface area contributed by atoms with Crippen molar-refractivity contribution in [2.75, 3.05) is 13.2 Å².